The molecule has 2 aliphatic heterocycles. The SMILES string of the molecule is O=C(O)N1CC2CC1CN2C(c1ccccc1)c1ccccc1. The Labute approximate surface area is 136 Å². The summed E-state index contributed by atoms with van der Waals surface area (Å²) < 4.78 is 0. The van der Waals surface area contributed by atoms with E-state index in [1.807, 2.05) is 12.1 Å². The van der Waals surface area contributed by atoms with Gasteiger partial charge in [0.1, 0.15) is 0 Å². The summed E-state index contributed by atoms with van der Waals surface area (Å²) in [6, 6.07) is 21.7. The Balaban J connectivity index is 1.67. The summed E-state index contributed by atoms with van der Waals surface area (Å²) >= 11 is 0. The van der Waals surface area contributed by atoms with Gasteiger partial charge in [-0.3, -0.25) is 4.90 Å². The predicted molar refractivity (Wildman–Crippen MR) is 88.4 cm³/mol. The first-order valence-corrected chi connectivity index (χ1v) is 8.09. The molecule has 1 N–H and O–H groups in total. The molecule has 1 amide bonds. The zero-order valence-corrected chi connectivity index (χ0v) is 12.9. The molecule has 2 saturated heterocycles. The second-order valence-corrected chi connectivity index (χ2v) is 6.40. The number of amides is 1. The lowest BCUT2D eigenvalue weighted by atomic mass is 9.96. The number of rotatable bonds is 3. The zero-order valence-electron chi connectivity index (χ0n) is 12.9. The molecule has 2 atom stereocenters. The lowest BCUT2D eigenvalue weighted by Gasteiger charge is -2.38. The smallest absolute Gasteiger partial charge is 0.407 e. The van der Waals surface area contributed by atoms with Crippen LogP contribution in [0.1, 0.15) is 23.6 Å². The third-order valence-electron chi connectivity index (χ3n) is 5.09. The topological polar surface area (TPSA) is 43.8 Å². The number of piperazine rings is 1. The molecule has 2 aromatic carbocycles. The van der Waals surface area contributed by atoms with Crippen LogP contribution in [0.15, 0.2) is 60.7 Å². The number of carboxylic acid groups (broad SMARTS) is 1. The van der Waals surface area contributed by atoms with Crippen LogP contribution in [-0.4, -0.2) is 46.2 Å². The fraction of sp³-hybridized carbons (Fsp3) is 0.316. The van der Waals surface area contributed by atoms with E-state index in [-0.39, 0.29) is 12.1 Å². The number of benzene rings is 2. The van der Waals surface area contributed by atoms with Crippen LogP contribution in [0, 0.1) is 0 Å². The van der Waals surface area contributed by atoms with Gasteiger partial charge in [-0.25, -0.2) is 4.79 Å². The van der Waals surface area contributed by atoms with Crippen LogP contribution in [0.25, 0.3) is 0 Å². The summed E-state index contributed by atoms with van der Waals surface area (Å²) in [5.74, 6) is 0. The van der Waals surface area contributed by atoms with Gasteiger partial charge < -0.3 is 10.0 Å². The average molecular weight is 308 g/mol. The van der Waals surface area contributed by atoms with Gasteiger partial charge in [-0.1, -0.05) is 60.7 Å². The second kappa shape index (κ2) is 5.70. The summed E-state index contributed by atoms with van der Waals surface area (Å²) in [6.45, 7) is 1.43. The van der Waals surface area contributed by atoms with Gasteiger partial charge in [0.2, 0.25) is 0 Å². The lowest BCUT2D eigenvalue weighted by Crippen LogP contribution is -2.49. The van der Waals surface area contributed by atoms with E-state index in [0.29, 0.717) is 12.6 Å². The minimum atomic E-state index is -0.784. The van der Waals surface area contributed by atoms with Crippen molar-refractivity contribution in [2.75, 3.05) is 13.1 Å². The van der Waals surface area contributed by atoms with Crippen molar-refractivity contribution in [2.24, 2.45) is 0 Å². The summed E-state index contributed by atoms with van der Waals surface area (Å²) in [5.41, 5.74) is 2.54. The average Bonchev–Trinajstić information content (AvgIpc) is 3.18. The zero-order chi connectivity index (χ0) is 15.8. The standard InChI is InChI=1S/C19H20N2O2/c22-19(23)21-13-16-11-17(21)12-20(16)18(14-7-3-1-4-8-14)15-9-5-2-6-10-15/h1-10,16-18H,11-13H2,(H,22,23). The molecule has 2 heterocycles. The van der Waals surface area contributed by atoms with E-state index in [0.717, 1.165) is 13.0 Å². The molecule has 2 aliphatic rings. The maximum absolute atomic E-state index is 11.3. The highest BCUT2D eigenvalue weighted by molar-refractivity contribution is 5.66. The maximum atomic E-state index is 11.3. The molecule has 2 unspecified atom stereocenters. The van der Waals surface area contributed by atoms with Crippen molar-refractivity contribution in [2.45, 2.75) is 24.5 Å². The molecule has 4 nitrogen and oxygen atoms in total. The van der Waals surface area contributed by atoms with Gasteiger partial charge in [-0.05, 0) is 17.5 Å². The van der Waals surface area contributed by atoms with Gasteiger partial charge in [0.05, 0.1) is 6.04 Å². The van der Waals surface area contributed by atoms with Crippen molar-refractivity contribution < 1.29 is 9.90 Å². The van der Waals surface area contributed by atoms with Gasteiger partial charge in [0.25, 0.3) is 0 Å². The molecule has 0 radical (unpaired) electrons. The molecule has 2 fully saturated rings. The molecule has 2 aromatic rings. The molecule has 0 aliphatic carbocycles. The summed E-state index contributed by atoms with van der Waals surface area (Å²) in [6.07, 6.45) is 0.163. The molecule has 4 heteroatoms. The third-order valence-corrected chi connectivity index (χ3v) is 5.09. The Hall–Kier alpha value is -2.33. The summed E-state index contributed by atoms with van der Waals surface area (Å²) in [7, 11) is 0. The first-order valence-electron chi connectivity index (χ1n) is 8.09. The van der Waals surface area contributed by atoms with Gasteiger partial charge in [-0.2, -0.15) is 0 Å². The van der Waals surface area contributed by atoms with E-state index in [1.165, 1.54) is 11.1 Å². The van der Waals surface area contributed by atoms with Gasteiger partial charge in [0, 0.05) is 25.2 Å². The minimum absolute atomic E-state index is 0.132. The van der Waals surface area contributed by atoms with Crippen LogP contribution in [-0.2, 0) is 0 Å². The highest BCUT2D eigenvalue weighted by Crippen LogP contribution is 2.39. The normalized spacial score (nSPS) is 23.6. The van der Waals surface area contributed by atoms with Crippen LogP contribution in [0.4, 0.5) is 4.79 Å². The molecule has 0 spiro atoms. The van der Waals surface area contributed by atoms with E-state index in [2.05, 4.69) is 53.4 Å². The first-order chi connectivity index (χ1) is 11.2. The van der Waals surface area contributed by atoms with Gasteiger partial charge in [0.15, 0.2) is 0 Å². The van der Waals surface area contributed by atoms with Gasteiger partial charge >= 0.3 is 6.09 Å². The van der Waals surface area contributed by atoms with Crippen molar-refractivity contribution in [1.29, 1.82) is 0 Å². The Bertz CT molecular complexity index is 650. The van der Waals surface area contributed by atoms with E-state index >= 15 is 0 Å². The first kappa shape index (κ1) is 14.3. The Kier molecular flexibility index (Phi) is 3.54. The monoisotopic (exact) mass is 308 g/mol. The number of fused-ring (bicyclic) bond motifs is 2. The minimum Gasteiger partial charge on any atom is -0.465 e. The van der Waals surface area contributed by atoms with E-state index in [4.69, 9.17) is 0 Å². The van der Waals surface area contributed by atoms with Crippen LogP contribution < -0.4 is 0 Å². The Morgan fingerprint density at radius 2 is 1.48 bits per heavy atom. The molecular formula is C19H20N2O2. The second-order valence-electron chi connectivity index (χ2n) is 6.40. The fourth-order valence-electron chi connectivity index (χ4n) is 4.09. The van der Waals surface area contributed by atoms with Crippen molar-refractivity contribution in [3.05, 3.63) is 71.8 Å². The Morgan fingerprint density at radius 3 is 1.91 bits per heavy atom. The number of nitrogens with zero attached hydrogens (tertiary/aromatic N) is 2. The largest absolute Gasteiger partial charge is 0.465 e. The van der Waals surface area contributed by atoms with Crippen molar-refractivity contribution >= 4 is 6.09 Å². The fourth-order valence-corrected chi connectivity index (χ4v) is 4.09. The van der Waals surface area contributed by atoms with E-state index in [1.54, 1.807) is 4.90 Å². The highest BCUT2D eigenvalue weighted by Gasteiger charge is 2.47. The molecular weight excluding hydrogens is 288 g/mol. The quantitative estimate of drug-likeness (QED) is 0.947. The molecule has 0 aromatic heterocycles. The highest BCUT2D eigenvalue weighted by atomic mass is 16.4. The number of carbonyl (C=O) groups is 1. The lowest BCUT2D eigenvalue weighted by molar-refractivity contribution is 0.0906. The summed E-state index contributed by atoms with van der Waals surface area (Å²) in [5, 5.41) is 9.30. The van der Waals surface area contributed by atoms with E-state index < -0.39 is 6.09 Å². The Morgan fingerprint density at radius 1 is 0.913 bits per heavy atom. The van der Waals surface area contributed by atoms with Crippen LogP contribution >= 0.6 is 0 Å². The van der Waals surface area contributed by atoms with Crippen molar-refractivity contribution in [3.8, 4) is 0 Å². The number of hydrogen-bond acceptors (Lipinski definition) is 2. The van der Waals surface area contributed by atoms with Gasteiger partial charge in [-0.15, -0.1) is 0 Å². The number of likely N-dealkylation sites (tertiary alicyclic amines) is 2. The van der Waals surface area contributed by atoms with Crippen molar-refractivity contribution in [3.63, 3.8) is 0 Å². The van der Waals surface area contributed by atoms with Crippen LogP contribution in [0.5, 0.6) is 0 Å². The predicted octanol–water partition coefficient (Wildman–Crippen LogP) is 3.21. The molecule has 2 bridgehead atoms. The molecule has 118 valence electrons. The molecule has 0 saturated carbocycles. The molecule has 23 heavy (non-hydrogen) atoms. The maximum Gasteiger partial charge on any atom is 0.407 e. The van der Waals surface area contributed by atoms with Crippen LogP contribution in [0.3, 0.4) is 0 Å². The van der Waals surface area contributed by atoms with E-state index in [9.17, 15) is 9.90 Å². The number of hydrogen-bond donors (Lipinski definition) is 1. The molecule has 4 rings (SSSR count). The van der Waals surface area contributed by atoms with Crippen molar-refractivity contribution in [1.82, 2.24) is 9.80 Å². The summed E-state index contributed by atoms with van der Waals surface area (Å²) in [4.78, 5) is 15.4. The van der Waals surface area contributed by atoms with Crippen LogP contribution in [0.2, 0.25) is 0 Å². The third kappa shape index (κ3) is 2.49.